The molecule has 0 saturated carbocycles. The average molecular weight is 224 g/mol. The van der Waals surface area contributed by atoms with Crippen LogP contribution in [0.2, 0.25) is 0 Å². The Labute approximate surface area is 105 Å². The van der Waals surface area contributed by atoms with Crippen LogP contribution in [0.3, 0.4) is 0 Å². The van der Waals surface area contributed by atoms with Crippen molar-refractivity contribution in [2.24, 2.45) is 0 Å². The molecule has 0 heterocycles. The number of benzene rings is 1. The third-order valence-electron chi connectivity index (χ3n) is 2.88. The summed E-state index contributed by atoms with van der Waals surface area (Å²) >= 11 is 0. The van der Waals surface area contributed by atoms with Crippen LogP contribution in [0.15, 0.2) is 61.2 Å². The Hall–Kier alpha value is -1.82. The molecule has 0 bridgehead atoms. The van der Waals surface area contributed by atoms with Crippen molar-refractivity contribution in [3.05, 3.63) is 72.4 Å². The van der Waals surface area contributed by atoms with E-state index in [0.29, 0.717) is 0 Å². The molecule has 1 rings (SSSR count). The van der Waals surface area contributed by atoms with E-state index in [-0.39, 0.29) is 0 Å². The molecule has 0 atom stereocenters. The molecule has 0 spiro atoms. The van der Waals surface area contributed by atoms with Gasteiger partial charge in [-0.05, 0) is 43.0 Å². The Balaban J connectivity index is 3.04. The Morgan fingerprint density at radius 1 is 1.00 bits per heavy atom. The SMILES string of the molecule is C=C/C=C\C(C)=C(/C)c1ccc(C(=C)C)cc1. The highest BCUT2D eigenvalue weighted by Gasteiger charge is 1.99. The van der Waals surface area contributed by atoms with Gasteiger partial charge in [0.2, 0.25) is 0 Å². The van der Waals surface area contributed by atoms with Gasteiger partial charge in [-0.2, -0.15) is 0 Å². The van der Waals surface area contributed by atoms with Gasteiger partial charge in [0.1, 0.15) is 0 Å². The molecule has 1 aromatic carbocycles. The van der Waals surface area contributed by atoms with E-state index in [1.54, 1.807) is 6.08 Å². The fraction of sp³-hybridized carbons (Fsp3) is 0.176. The van der Waals surface area contributed by atoms with E-state index in [1.807, 2.05) is 13.0 Å². The van der Waals surface area contributed by atoms with Crippen molar-refractivity contribution in [1.29, 1.82) is 0 Å². The molecule has 0 amide bonds. The molecule has 0 aliphatic heterocycles. The third-order valence-corrected chi connectivity index (χ3v) is 2.88. The standard InChI is InChI=1S/C17H20/c1-6-7-8-14(4)15(5)17-11-9-16(10-12-17)13(2)3/h6-12H,1-2H2,3-5H3/b8-7-,15-14+. The summed E-state index contributed by atoms with van der Waals surface area (Å²) in [7, 11) is 0. The lowest BCUT2D eigenvalue weighted by atomic mass is 9.99. The van der Waals surface area contributed by atoms with Crippen molar-refractivity contribution in [3.63, 3.8) is 0 Å². The van der Waals surface area contributed by atoms with Gasteiger partial charge in [0, 0.05) is 0 Å². The number of rotatable bonds is 4. The van der Waals surface area contributed by atoms with Crippen LogP contribution in [0.1, 0.15) is 31.9 Å². The first-order valence-electron chi connectivity index (χ1n) is 5.79. The van der Waals surface area contributed by atoms with Crippen LogP contribution in [0, 0.1) is 0 Å². The van der Waals surface area contributed by atoms with Gasteiger partial charge in [-0.15, -0.1) is 0 Å². The number of hydrogen-bond acceptors (Lipinski definition) is 0. The minimum Gasteiger partial charge on any atom is -0.0991 e. The lowest BCUT2D eigenvalue weighted by molar-refractivity contribution is 1.44. The van der Waals surface area contributed by atoms with E-state index in [2.05, 4.69) is 57.3 Å². The second-order valence-corrected chi connectivity index (χ2v) is 4.26. The van der Waals surface area contributed by atoms with Crippen molar-refractivity contribution < 1.29 is 0 Å². The predicted molar refractivity (Wildman–Crippen MR) is 78.8 cm³/mol. The topological polar surface area (TPSA) is 0 Å². The maximum absolute atomic E-state index is 3.94. The predicted octanol–water partition coefficient (Wildman–Crippen LogP) is 5.26. The average Bonchev–Trinajstić information content (AvgIpc) is 2.35. The van der Waals surface area contributed by atoms with Gasteiger partial charge in [0.25, 0.3) is 0 Å². The smallest absolute Gasteiger partial charge is 0.0224 e. The van der Waals surface area contributed by atoms with Crippen molar-refractivity contribution in [2.45, 2.75) is 20.8 Å². The van der Waals surface area contributed by atoms with E-state index >= 15 is 0 Å². The minimum atomic E-state index is 1.10. The zero-order valence-electron chi connectivity index (χ0n) is 11.0. The quantitative estimate of drug-likeness (QED) is 0.612. The van der Waals surface area contributed by atoms with E-state index < -0.39 is 0 Å². The summed E-state index contributed by atoms with van der Waals surface area (Å²) in [5.74, 6) is 0. The first-order chi connectivity index (χ1) is 8.06. The molecule has 0 radical (unpaired) electrons. The van der Waals surface area contributed by atoms with Crippen molar-refractivity contribution in [1.82, 2.24) is 0 Å². The fourth-order valence-electron chi connectivity index (χ4n) is 1.57. The maximum atomic E-state index is 3.94. The van der Waals surface area contributed by atoms with E-state index in [4.69, 9.17) is 0 Å². The van der Waals surface area contributed by atoms with Crippen LogP contribution in [0.4, 0.5) is 0 Å². The highest BCUT2D eigenvalue weighted by molar-refractivity contribution is 5.71. The molecule has 1 aromatic rings. The number of hydrogen-bond donors (Lipinski definition) is 0. The first kappa shape index (κ1) is 13.2. The molecule has 0 N–H and O–H groups in total. The monoisotopic (exact) mass is 224 g/mol. The molecule has 0 aliphatic carbocycles. The minimum absolute atomic E-state index is 1.10. The number of allylic oxidation sites excluding steroid dienone is 6. The van der Waals surface area contributed by atoms with Crippen molar-refractivity contribution in [3.8, 4) is 0 Å². The first-order valence-corrected chi connectivity index (χ1v) is 5.79. The van der Waals surface area contributed by atoms with E-state index in [9.17, 15) is 0 Å². The lowest BCUT2D eigenvalue weighted by Gasteiger charge is -2.06. The van der Waals surface area contributed by atoms with Crippen LogP contribution in [0.5, 0.6) is 0 Å². The zero-order valence-corrected chi connectivity index (χ0v) is 11.0. The Bertz CT molecular complexity index is 467. The molecule has 17 heavy (non-hydrogen) atoms. The van der Waals surface area contributed by atoms with Gasteiger partial charge in [0.05, 0.1) is 0 Å². The Morgan fingerprint density at radius 2 is 1.53 bits per heavy atom. The summed E-state index contributed by atoms with van der Waals surface area (Å²) in [5.41, 5.74) is 6.09. The Morgan fingerprint density at radius 3 is 2.00 bits per heavy atom. The summed E-state index contributed by atoms with van der Waals surface area (Å²) in [4.78, 5) is 0. The second-order valence-electron chi connectivity index (χ2n) is 4.26. The van der Waals surface area contributed by atoms with Crippen LogP contribution >= 0.6 is 0 Å². The molecule has 0 fully saturated rings. The second kappa shape index (κ2) is 6.05. The van der Waals surface area contributed by atoms with Crippen LogP contribution in [-0.4, -0.2) is 0 Å². The normalized spacial score (nSPS) is 12.4. The Kier molecular flexibility index (Phi) is 4.71. The van der Waals surface area contributed by atoms with Gasteiger partial charge in [-0.25, -0.2) is 0 Å². The summed E-state index contributed by atoms with van der Waals surface area (Å²) in [6, 6.07) is 8.52. The van der Waals surface area contributed by atoms with Crippen LogP contribution in [-0.2, 0) is 0 Å². The molecular formula is C17H20. The van der Waals surface area contributed by atoms with E-state index in [1.165, 1.54) is 22.3 Å². The van der Waals surface area contributed by atoms with Gasteiger partial charge in [-0.3, -0.25) is 0 Å². The third kappa shape index (κ3) is 3.60. The van der Waals surface area contributed by atoms with Gasteiger partial charge in [0.15, 0.2) is 0 Å². The van der Waals surface area contributed by atoms with Crippen LogP contribution < -0.4 is 0 Å². The highest BCUT2D eigenvalue weighted by atomic mass is 14.0. The fourth-order valence-corrected chi connectivity index (χ4v) is 1.57. The summed E-state index contributed by atoms with van der Waals surface area (Å²) in [6.07, 6.45) is 5.83. The zero-order chi connectivity index (χ0) is 12.8. The van der Waals surface area contributed by atoms with E-state index in [0.717, 1.165) is 5.57 Å². The van der Waals surface area contributed by atoms with Crippen LogP contribution in [0.25, 0.3) is 11.1 Å². The largest absolute Gasteiger partial charge is 0.0991 e. The summed E-state index contributed by atoms with van der Waals surface area (Å²) < 4.78 is 0. The van der Waals surface area contributed by atoms with Gasteiger partial charge < -0.3 is 0 Å². The molecule has 0 nitrogen and oxygen atoms in total. The molecule has 88 valence electrons. The van der Waals surface area contributed by atoms with Crippen molar-refractivity contribution in [2.75, 3.05) is 0 Å². The molecule has 0 unspecified atom stereocenters. The maximum Gasteiger partial charge on any atom is -0.0224 e. The van der Waals surface area contributed by atoms with Gasteiger partial charge >= 0.3 is 0 Å². The lowest BCUT2D eigenvalue weighted by Crippen LogP contribution is -1.85. The van der Waals surface area contributed by atoms with Crippen molar-refractivity contribution >= 4 is 11.1 Å². The van der Waals surface area contributed by atoms with Gasteiger partial charge in [-0.1, -0.05) is 61.2 Å². The molecular weight excluding hydrogens is 204 g/mol. The molecule has 0 aromatic heterocycles. The molecule has 0 heteroatoms. The summed E-state index contributed by atoms with van der Waals surface area (Å²) in [5, 5.41) is 0. The molecule has 0 aliphatic rings. The molecule has 0 saturated heterocycles. The summed E-state index contributed by atoms with van der Waals surface area (Å²) in [6.45, 7) is 13.9. The highest BCUT2D eigenvalue weighted by Crippen LogP contribution is 2.21.